The number of hydrogen-bond donors (Lipinski definition) is 0. The minimum absolute atomic E-state index is 0.00631. The molecule has 2 aromatic carbocycles. The molecule has 3 aliphatic rings. The molecule has 5 rings (SSSR count). The lowest BCUT2D eigenvalue weighted by molar-refractivity contribution is 0.0759. The Morgan fingerprint density at radius 2 is 1.65 bits per heavy atom. The average molecular weight is 371 g/mol. The quantitative estimate of drug-likeness (QED) is 0.809. The first kappa shape index (κ1) is 15.7. The standard InChI is InChI=1S/C19H17NO5S/c21-18(12-1-3-15-17(9-12)25-11-24-15)20-5-8-26-19(20)13-2-4-14-16(10-13)23-7-6-22-14/h1-4,9-10,19H,5-8,11H2/t19-/m1/s1. The fraction of sp³-hybridized carbons (Fsp3) is 0.316. The van der Waals surface area contributed by atoms with Gasteiger partial charge in [0.1, 0.15) is 18.6 Å². The predicted octanol–water partition coefficient (Wildman–Crippen LogP) is 3.07. The highest BCUT2D eigenvalue weighted by Crippen LogP contribution is 2.43. The molecule has 3 heterocycles. The smallest absolute Gasteiger partial charge is 0.255 e. The van der Waals surface area contributed by atoms with Gasteiger partial charge in [-0.1, -0.05) is 6.07 Å². The first-order valence-electron chi connectivity index (χ1n) is 8.51. The number of hydrogen-bond acceptors (Lipinski definition) is 6. The molecule has 0 radical (unpaired) electrons. The average Bonchev–Trinajstić information content (AvgIpc) is 3.35. The summed E-state index contributed by atoms with van der Waals surface area (Å²) in [6.07, 6.45) is 0. The van der Waals surface area contributed by atoms with Crippen LogP contribution in [0.5, 0.6) is 23.0 Å². The van der Waals surface area contributed by atoms with Crippen LogP contribution in [0, 0.1) is 0 Å². The number of carbonyl (C=O) groups excluding carboxylic acids is 1. The largest absolute Gasteiger partial charge is 0.486 e. The van der Waals surface area contributed by atoms with E-state index in [-0.39, 0.29) is 18.1 Å². The topological polar surface area (TPSA) is 57.2 Å². The summed E-state index contributed by atoms with van der Waals surface area (Å²) in [6, 6.07) is 11.3. The van der Waals surface area contributed by atoms with Gasteiger partial charge in [0.15, 0.2) is 23.0 Å². The normalized spacial score (nSPS) is 20.3. The number of fused-ring (bicyclic) bond motifs is 2. The molecule has 1 fully saturated rings. The SMILES string of the molecule is O=C(c1ccc2c(c1)OCO2)N1CCS[C@@H]1c1ccc2c(c1)OCCO2. The summed E-state index contributed by atoms with van der Waals surface area (Å²) in [5.74, 6) is 3.70. The molecule has 0 saturated carbocycles. The third-order valence-electron chi connectivity index (χ3n) is 4.62. The van der Waals surface area contributed by atoms with Crippen LogP contribution in [0.25, 0.3) is 0 Å². The van der Waals surface area contributed by atoms with Gasteiger partial charge in [-0.25, -0.2) is 0 Å². The molecular weight excluding hydrogens is 354 g/mol. The lowest BCUT2D eigenvalue weighted by Gasteiger charge is -2.26. The van der Waals surface area contributed by atoms with E-state index in [0.29, 0.717) is 36.8 Å². The maximum atomic E-state index is 13.1. The van der Waals surface area contributed by atoms with Gasteiger partial charge in [-0.3, -0.25) is 4.79 Å². The molecule has 0 unspecified atom stereocenters. The molecule has 0 spiro atoms. The first-order chi connectivity index (χ1) is 12.8. The highest BCUT2D eigenvalue weighted by molar-refractivity contribution is 7.99. The molecule has 26 heavy (non-hydrogen) atoms. The molecule has 134 valence electrons. The summed E-state index contributed by atoms with van der Waals surface area (Å²) >= 11 is 1.76. The second kappa shape index (κ2) is 6.32. The molecule has 1 amide bonds. The molecule has 7 heteroatoms. The van der Waals surface area contributed by atoms with Crippen molar-refractivity contribution in [2.45, 2.75) is 5.37 Å². The third kappa shape index (κ3) is 2.63. The fourth-order valence-electron chi connectivity index (χ4n) is 3.36. The monoisotopic (exact) mass is 371 g/mol. The number of thioether (sulfide) groups is 1. The van der Waals surface area contributed by atoms with Gasteiger partial charge >= 0.3 is 0 Å². The Labute approximate surface area is 155 Å². The van der Waals surface area contributed by atoms with E-state index >= 15 is 0 Å². The van der Waals surface area contributed by atoms with E-state index < -0.39 is 0 Å². The summed E-state index contributed by atoms with van der Waals surface area (Å²) in [5, 5.41) is -0.0382. The van der Waals surface area contributed by atoms with Crippen LogP contribution >= 0.6 is 11.8 Å². The Morgan fingerprint density at radius 3 is 2.58 bits per heavy atom. The van der Waals surface area contributed by atoms with Crippen LogP contribution in [0.15, 0.2) is 36.4 Å². The molecule has 1 saturated heterocycles. The van der Waals surface area contributed by atoms with Crippen molar-refractivity contribution in [3.05, 3.63) is 47.5 Å². The van der Waals surface area contributed by atoms with Crippen molar-refractivity contribution in [3.63, 3.8) is 0 Å². The van der Waals surface area contributed by atoms with Crippen LogP contribution in [0.3, 0.4) is 0 Å². The van der Waals surface area contributed by atoms with Crippen molar-refractivity contribution in [1.29, 1.82) is 0 Å². The number of ether oxygens (including phenoxy) is 4. The van der Waals surface area contributed by atoms with Crippen molar-refractivity contribution in [3.8, 4) is 23.0 Å². The summed E-state index contributed by atoms with van der Waals surface area (Å²) in [4.78, 5) is 15.0. The summed E-state index contributed by atoms with van der Waals surface area (Å²) in [6.45, 7) is 2.02. The van der Waals surface area contributed by atoms with E-state index in [0.717, 1.165) is 22.8 Å². The van der Waals surface area contributed by atoms with Crippen LogP contribution in [0.2, 0.25) is 0 Å². The second-order valence-electron chi connectivity index (χ2n) is 6.19. The van der Waals surface area contributed by atoms with Gasteiger partial charge in [-0.05, 0) is 35.9 Å². The minimum atomic E-state index is -0.0382. The van der Waals surface area contributed by atoms with Crippen molar-refractivity contribution in [2.24, 2.45) is 0 Å². The Bertz CT molecular complexity index is 871. The molecule has 0 aliphatic carbocycles. The Hall–Kier alpha value is -2.54. The van der Waals surface area contributed by atoms with Gasteiger partial charge in [-0.15, -0.1) is 11.8 Å². The lowest BCUT2D eigenvalue weighted by atomic mass is 10.1. The Balaban J connectivity index is 1.42. The molecule has 0 bridgehead atoms. The maximum absolute atomic E-state index is 13.1. The number of carbonyl (C=O) groups is 1. The molecule has 2 aromatic rings. The van der Waals surface area contributed by atoms with E-state index in [9.17, 15) is 4.79 Å². The number of rotatable bonds is 2. The number of amides is 1. The zero-order chi connectivity index (χ0) is 17.5. The van der Waals surface area contributed by atoms with Gasteiger partial charge in [0.05, 0.1) is 0 Å². The zero-order valence-electron chi connectivity index (χ0n) is 14.0. The van der Waals surface area contributed by atoms with Crippen LogP contribution in [0.4, 0.5) is 0 Å². The highest BCUT2D eigenvalue weighted by atomic mass is 32.2. The summed E-state index contributed by atoms with van der Waals surface area (Å²) in [5.41, 5.74) is 1.66. The van der Waals surface area contributed by atoms with E-state index in [1.807, 2.05) is 23.1 Å². The molecule has 0 aromatic heterocycles. The number of nitrogens with zero attached hydrogens (tertiary/aromatic N) is 1. The predicted molar refractivity (Wildman–Crippen MR) is 96.2 cm³/mol. The third-order valence-corrected chi connectivity index (χ3v) is 5.88. The Morgan fingerprint density at radius 1 is 0.923 bits per heavy atom. The van der Waals surface area contributed by atoms with E-state index in [2.05, 4.69) is 0 Å². The van der Waals surface area contributed by atoms with Gasteiger partial charge in [0, 0.05) is 17.9 Å². The molecule has 1 atom stereocenters. The van der Waals surface area contributed by atoms with Crippen LogP contribution in [-0.4, -0.2) is 43.1 Å². The summed E-state index contributed by atoms with van der Waals surface area (Å²) in [7, 11) is 0. The molecule has 3 aliphatic heterocycles. The molecular formula is C19H17NO5S. The van der Waals surface area contributed by atoms with Gasteiger partial charge < -0.3 is 23.8 Å². The first-order valence-corrected chi connectivity index (χ1v) is 9.56. The van der Waals surface area contributed by atoms with Crippen LogP contribution < -0.4 is 18.9 Å². The molecule has 0 N–H and O–H groups in total. The van der Waals surface area contributed by atoms with E-state index in [1.165, 1.54) is 0 Å². The Kier molecular flexibility index (Phi) is 3.81. The fourth-order valence-corrected chi connectivity index (χ4v) is 4.61. The van der Waals surface area contributed by atoms with Crippen molar-refractivity contribution >= 4 is 17.7 Å². The molecule has 6 nitrogen and oxygen atoms in total. The maximum Gasteiger partial charge on any atom is 0.255 e. The summed E-state index contributed by atoms with van der Waals surface area (Å²) < 4.78 is 22.0. The van der Waals surface area contributed by atoms with Gasteiger partial charge in [0.25, 0.3) is 5.91 Å². The van der Waals surface area contributed by atoms with Gasteiger partial charge in [0.2, 0.25) is 6.79 Å². The minimum Gasteiger partial charge on any atom is -0.486 e. The van der Waals surface area contributed by atoms with E-state index in [1.54, 1.807) is 30.0 Å². The van der Waals surface area contributed by atoms with E-state index in [4.69, 9.17) is 18.9 Å². The van der Waals surface area contributed by atoms with Crippen molar-refractivity contribution in [1.82, 2.24) is 4.90 Å². The highest BCUT2D eigenvalue weighted by Gasteiger charge is 2.32. The van der Waals surface area contributed by atoms with Crippen molar-refractivity contribution in [2.75, 3.05) is 32.3 Å². The van der Waals surface area contributed by atoms with Crippen LogP contribution in [0.1, 0.15) is 21.3 Å². The zero-order valence-corrected chi connectivity index (χ0v) is 14.8. The number of benzene rings is 2. The van der Waals surface area contributed by atoms with Gasteiger partial charge in [-0.2, -0.15) is 0 Å². The second-order valence-corrected chi connectivity index (χ2v) is 7.38. The lowest BCUT2D eigenvalue weighted by Crippen LogP contribution is -2.30. The van der Waals surface area contributed by atoms with Crippen molar-refractivity contribution < 1.29 is 23.7 Å². The van der Waals surface area contributed by atoms with Crippen LogP contribution in [-0.2, 0) is 0 Å².